The third-order valence-corrected chi connectivity index (χ3v) is 3.39. The second-order valence-electron chi connectivity index (χ2n) is 6.49. The number of amides is 1. The highest BCUT2D eigenvalue weighted by atomic mass is 16.6. The lowest BCUT2D eigenvalue weighted by Gasteiger charge is -2.33. The molecule has 1 aromatic heterocycles. The van der Waals surface area contributed by atoms with Crippen molar-refractivity contribution in [3.05, 3.63) is 12.2 Å². The predicted octanol–water partition coefficient (Wildman–Crippen LogP) is 2.03. The summed E-state index contributed by atoms with van der Waals surface area (Å²) in [6.45, 7) is 8.68. The van der Waals surface area contributed by atoms with Gasteiger partial charge in [-0.2, -0.15) is 0 Å². The van der Waals surface area contributed by atoms with E-state index in [1.165, 1.54) is 6.33 Å². The second kappa shape index (κ2) is 6.97. The number of nitrogens with zero attached hydrogens (tertiary/aromatic N) is 4. The van der Waals surface area contributed by atoms with Crippen LogP contribution in [0.1, 0.15) is 57.2 Å². The van der Waals surface area contributed by atoms with Gasteiger partial charge in [0.2, 0.25) is 0 Å². The summed E-state index contributed by atoms with van der Waals surface area (Å²) in [6, 6.07) is -0.0213. The topological polar surface area (TPSA) is 86.6 Å². The molecule has 8 nitrogen and oxygen atoms in total. The first-order valence-electron chi connectivity index (χ1n) is 7.86. The van der Waals surface area contributed by atoms with Crippen LogP contribution in [-0.2, 0) is 9.47 Å². The molecule has 2 heterocycles. The Bertz CT molecular complexity index is 564. The molecule has 0 radical (unpaired) electrons. The van der Waals surface area contributed by atoms with Crippen LogP contribution < -0.4 is 0 Å². The minimum Gasteiger partial charge on any atom is -0.460 e. The van der Waals surface area contributed by atoms with E-state index in [0.717, 1.165) is 12.8 Å². The van der Waals surface area contributed by atoms with E-state index in [1.807, 2.05) is 20.8 Å². The molecule has 0 bridgehead atoms. The summed E-state index contributed by atoms with van der Waals surface area (Å²) >= 11 is 0. The number of piperidine rings is 1. The lowest BCUT2D eigenvalue weighted by atomic mass is 10.1. The zero-order chi connectivity index (χ0) is 17.0. The van der Waals surface area contributed by atoms with Crippen LogP contribution in [0.25, 0.3) is 0 Å². The summed E-state index contributed by atoms with van der Waals surface area (Å²) < 4.78 is 11.9. The summed E-state index contributed by atoms with van der Waals surface area (Å²) in [5.41, 5.74) is -0.519. The average Bonchev–Trinajstić information content (AvgIpc) is 2.96. The third-order valence-electron chi connectivity index (χ3n) is 3.39. The van der Waals surface area contributed by atoms with Gasteiger partial charge in [0.05, 0.1) is 12.6 Å². The van der Waals surface area contributed by atoms with Crippen molar-refractivity contribution < 1.29 is 19.1 Å². The first kappa shape index (κ1) is 17.2. The molecule has 2 rings (SSSR count). The molecule has 1 aliphatic heterocycles. The number of carbonyl (C=O) groups excluding carboxylic acids is 2. The highest BCUT2D eigenvalue weighted by Crippen LogP contribution is 2.22. The Morgan fingerprint density at radius 3 is 2.78 bits per heavy atom. The fourth-order valence-electron chi connectivity index (χ4n) is 2.40. The van der Waals surface area contributed by atoms with E-state index in [0.29, 0.717) is 13.1 Å². The van der Waals surface area contributed by atoms with Gasteiger partial charge >= 0.3 is 12.1 Å². The van der Waals surface area contributed by atoms with E-state index in [1.54, 1.807) is 16.5 Å². The Morgan fingerprint density at radius 1 is 1.39 bits per heavy atom. The van der Waals surface area contributed by atoms with Crippen LogP contribution in [-0.4, -0.2) is 57.0 Å². The predicted molar refractivity (Wildman–Crippen MR) is 82.1 cm³/mol. The normalized spacial score (nSPS) is 18.6. The van der Waals surface area contributed by atoms with Crippen molar-refractivity contribution in [3.8, 4) is 0 Å². The van der Waals surface area contributed by atoms with Crippen molar-refractivity contribution in [2.24, 2.45) is 0 Å². The van der Waals surface area contributed by atoms with Gasteiger partial charge in [-0.15, -0.1) is 5.10 Å². The fourth-order valence-corrected chi connectivity index (χ4v) is 2.40. The van der Waals surface area contributed by atoms with Crippen LogP contribution in [0.5, 0.6) is 0 Å². The monoisotopic (exact) mass is 324 g/mol. The minimum absolute atomic E-state index is 0.0213. The molecule has 128 valence electrons. The molecule has 23 heavy (non-hydrogen) atoms. The van der Waals surface area contributed by atoms with E-state index in [-0.39, 0.29) is 24.6 Å². The van der Waals surface area contributed by atoms with Gasteiger partial charge in [-0.1, -0.05) is 0 Å². The quantitative estimate of drug-likeness (QED) is 0.791. The lowest BCUT2D eigenvalue weighted by Crippen LogP contribution is -2.43. The summed E-state index contributed by atoms with van der Waals surface area (Å²) in [5, 5.41) is 4.17. The zero-order valence-electron chi connectivity index (χ0n) is 14.1. The molecular formula is C15H24N4O4. The minimum atomic E-state index is -0.536. The molecule has 1 saturated heterocycles. The molecule has 0 aromatic carbocycles. The summed E-state index contributed by atoms with van der Waals surface area (Å²) in [5.74, 6) is -0.493. The number of hydrogen-bond donors (Lipinski definition) is 0. The maximum atomic E-state index is 12.2. The Labute approximate surface area is 135 Å². The van der Waals surface area contributed by atoms with Crippen molar-refractivity contribution in [1.82, 2.24) is 19.7 Å². The zero-order valence-corrected chi connectivity index (χ0v) is 14.1. The van der Waals surface area contributed by atoms with Crippen molar-refractivity contribution in [2.75, 3.05) is 19.7 Å². The van der Waals surface area contributed by atoms with Crippen molar-refractivity contribution in [3.63, 3.8) is 0 Å². The Morgan fingerprint density at radius 2 is 2.13 bits per heavy atom. The molecule has 1 atom stereocenters. The molecule has 1 aromatic rings. The van der Waals surface area contributed by atoms with Gasteiger partial charge in [0, 0.05) is 13.1 Å². The first-order chi connectivity index (χ1) is 10.8. The molecule has 0 saturated carbocycles. The Kier molecular flexibility index (Phi) is 5.23. The van der Waals surface area contributed by atoms with E-state index < -0.39 is 11.6 Å². The van der Waals surface area contributed by atoms with Crippen molar-refractivity contribution in [1.29, 1.82) is 0 Å². The van der Waals surface area contributed by atoms with Crippen molar-refractivity contribution in [2.45, 2.75) is 52.2 Å². The Balaban J connectivity index is 2.01. The average molecular weight is 324 g/mol. The lowest BCUT2D eigenvalue weighted by molar-refractivity contribution is 0.0166. The van der Waals surface area contributed by atoms with Crippen LogP contribution >= 0.6 is 0 Å². The maximum Gasteiger partial charge on any atom is 0.410 e. The van der Waals surface area contributed by atoms with Crippen LogP contribution in [0.2, 0.25) is 0 Å². The highest BCUT2D eigenvalue weighted by Gasteiger charge is 2.29. The standard InChI is InChI=1S/C15H24N4O4/c1-5-22-13(20)12-16-10-19(17-12)11-7-6-8-18(9-11)14(21)23-15(2,3)4/h10-11H,5-9H2,1-4H3. The molecule has 0 aliphatic carbocycles. The van der Waals surface area contributed by atoms with Gasteiger partial charge in [0.1, 0.15) is 11.9 Å². The number of ether oxygens (including phenoxy) is 2. The van der Waals surface area contributed by atoms with Crippen LogP contribution in [0.15, 0.2) is 6.33 Å². The third kappa shape index (κ3) is 4.67. The van der Waals surface area contributed by atoms with Gasteiger partial charge in [-0.05, 0) is 40.5 Å². The molecule has 1 fully saturated rings. The number of carbonyl (C=O) groups is 2. The number of hydrogen-bond acceptors (Lipinski definition) is 6. The van der Waals surface area contributed by atoms with Crippen LogP contribution in [0.3, 0.4) is 0 Å². The Hall–Kier alpha value is -2.12. The van der Waals surface area contributed by atoms with Gasteiger partial charge in [0.15, 0.2) is 0 Å². The summed E-state index contributed by atoms with van der Waals surface area (Å²) in [6.07, 6.45) is 2.90. The molecule has 1 unspecified atom stereocenters. The highest BCUT2D eigenvalue weighted by molar-refractivity contribution is 5.84. The summed E-state index contributed by atoms with van der Waals surface area (Å²) in [7, 11) is 0. The number of esters is 1. The molecule has 0 spiro atoms. The molecule has 0 N–H and O–H groups in total. The molecular weight excluding hydrogens is 300 g/mol. The van der Waals surface area contributed by atoms with Gasteiger partial charge in [0.25, 0.3) is 5.82 Å². The fraction of sp³-hybridized carbons (Fsp3) is 0.733. The van der Waals surface area contributed by atoms with Gasteiger partial charge in [-0.25, -0.2) is 19.3 Å². The molecule has 8 heteroatoms. The number of rotatable bonds is 3. The SMILES string of the molecule is CCOC(=O)c1ncn(C2CCCN(C(=O)OC(C)(C)C)C2)n1. The van der Waals surface area contributed by atoms with Crippen LogP contribution in [0.4, 0.5) is 4.79 Å². The van der Waals surface area contributed by atoms with Gasteiger partial charge in [-0.3, -0.25) is 0 Å². The van der Waals surface area contributed by atoms with Crippen LogP contribution in [0, 0.1) is 0 Å². The van der Waals surface area contributed by atoms with Gasteiger partial charge < -0.3 is 14.4 Å². The van der Waals surface area contributed by atoms with E-state index in [4.69, 9.17) is 9.47 Å². The molecule has 1 aliphatic rings. The van der Waals surface area contributed by atoms with Crippen molar-refractivity contribution >= 4 is 12.1 Å². The van der Waals surface area contributed by atoms with E-state index in [2.05, 4.69) is 10.1 Å². The van der Waals surface area contributed by atoms with E-state index >= 15 is 0 Å². The first-order valence-corrected chi connectivity index (χ1v) is 7.86. The number of aromatic nitrogens is 3. The second-order valence-corrected chi connectivity index (χ2v) is 6.49. The molecule has 1 amide bonds. The van der Waals surface area contributed by atoms with E-state index in [9.17, 15) is 9.59 Å². The maximum absolute atomic E-state index is 12.2. The smallest absolute Gasteiger partial charge is 0.410 e. The summed E-state index contributed by atoms with van der Waals surface area (Å²) in [4.78, 5) is 29.5. The number of likely N-dealkylation sites (tertiary alicyclic amines) is 1. The largest absolute Gasteiger partial charge is 0.460 e.